The van der Waals surface area contributed by atoms with E-state index in [4.69, 9.17) is 0 Å². The molecule has 0 amide bonds. The fraction of sp³-hybridized carbons (Fsp3) is 0.667. The Hall–Kier alpha value is -0.500. The van der Waals surface area contributed by atoms with Gasteiger partial charge in [0, 0.05) is 11.4 Å². The highest BCUT2D eigenvalue weighted by Gasteiger charge is 2.10. The molecule has 0 aliphatic heterocycles. The van der Waals surface area contributed by atoms with Crippen LogP contribution in [0.2, 0.25) is 0 Å². The molecule has 0 atom stereocenters. The summed E-state index contributed by atoms with van der Waals surface area (Å²) in [6.07, 6.45) is 0.619. The molecule has 0 radical (unpaired) electrons. The van der Waals surface area contributed by atoms with Gasteiger partial charge in [0.05, 0.1) is 17.0 Å². The Balaban J connectivity index is 2.39. The summed E-state index contributed by atoms with van der Waals surface area (Å²) in [5.41, 5.74) is 2.61. The maximum Gasteiger partial charge on any atom is 0.211 e. The van der Waals surface area contributed by atoms with Crippen molar-refractivity contribution < 1.29 is 8.42 Å². The predicted molar refractivity (Wildman–Crippen MR) is 66.0 cm³/mol. The number of sulfonamides is 1. The zero-order valence-corrected chi connectivity index (χ0v) is 11.1. The lowest BCUT2D eigenvalue weighted by molar-refractivity contribution is 0.577. The first kappa shape index (κ1) is 13.6. The maximum atomic E-state index is 11.6. The molecule has 1 heterocycles. The number of nitrogens with one attached hydrogen (secondary N) is 2. The van der Waals surface area contributed by atoms with Crippen LogP contribution in [0.3, 0.4) is 0 Å². The number of thiazole rings is 1. The van der Waals surface area contributed by atoms with Gasteiger partial charge < -0.3 is 5.32 Å². The van der Waals surface area contributed by atoms with E-state index in [0.29, 0.717) is 19.5 Å². The Bertz CT molecular complexity index is 414. The molecule has 0 aliphatic carbocycles. The lowest BCUT2D eigenvalue weighted by atomic mass is 10.4. The average molecular weight is 263 g/mol. The van der Waals surface area contributed by atoms with Crippen LogP contribution in [0.25, 0.3) is 0 Å². The zero-order valence-electron chi connectivity index (χ0n) is 9.49. The van der Waals surface area contributed by atoms with E-state index in [-0.39, 0.29) is 5.75 Å². The van der Waals surface area contributed by atoms with Crippen molar-refractivity contribution in [3.8, 4) is 0 Å². The molecule has 0 bridgehead atoms. The molecule has 0 fully saturated rings. The Morgan fingerprint density at radius 3 is 2.81 bits per heavy atom. The zero-order chi connectivity index (χ0) is 12.0. The van der Waals surface area contributed by atoms with E-state index in [1.807, 2.05) is 6.92 Å². The van der Waals surface area contributed by atoms with Gasteiger partial charge in [0.2, 0.25) is 10.0 Å². The van der Waals surface area contributed by atoms with Crippen molar-refractivity contribution in [1.29, 1.82) is 0 Å². The fourth-order valence-electron chi connectivity index (χ4n) is 1.18. The largest absolute Gasteiger partial charge is 0.320 e. The minimum atomic E-state index is -3.16. The fourth-order valence-corrected chi connectivity index (χ4v) is 3.02. The Morgan fingerprint density at radius 2 is 2.25 bits per heavy atom. The summed E-state index contributed by atoms with van der Waals surface area (Å²) in [5.74, 6) is 0.158. The van der Waals surface area contributed by atoms with E-state index in [2.05, 4.69) is 15.0 Å². The van der Waals surface area contributed by atoms with Gasteiger partial charge in [-0.25, -0.2) is 18.1 Å². The van der Waals surface area contributed by atoms with Crippen LogP contribution in [-0.4, -0.2) is 32.7 Å². The highest BCUT2D eigenvalue weighted by molar-refractivity contribution is 7.89. The van der Waals surface area contributed by atoms with Crippen LogP contribution in [0.15, 0.2) is 5.51 Å². The van der Waals surface area contributed by atoms with Crippen LogP contribution in [0.4, 0.5) is 0 Å². The molecule has 1 aromatic heterocycles. The first-order valence-electron chi connectivity index (χ1n) is 5.06. The molecule has 92 valence electrons. The minimum absolute atomic E-state index is 0.158. The van der Waals surface area contributed by atoms with Crippen LogP contribution < -0.4 is 10.0 Å². The highest BCUT2D eigenvalue weighted by atomic mass is 32.2. The number of rotatable bonds is 7. The van der Waals surface area contributed by atoms with Gasteiger partial charge in [-0.2, -0.15) is 0 Å². The van der Waals surface area contributed by atoms with Crippen molar-refractivity contribution >= 4 is 21.4 Å². The molecule has 2 N–H and O–H groups in total. The second-order valence-electron chi connectivity index (χ2n) is 3.46. The number of nitrogens with zero attached hydrogens (tertiary/aromatic N) is 1. The van der Waals surface area contributed by atoms with Gasteiger partial charge in [-0.05, 0) is 26.9 Å². The molecule has 0 saturated heterocycles. The van der Waals surface area contributed by atoms with E-state index in [1.165, 1.54) is 11.3 Å². The summed E-state index contributed by atoms with van der Waals surface area (Å²) in [5, 5.41) is 2.92. The first-order chi connectivity index (χ1) is 7.55. The number of aryl methyl sites for hydroxylation is 1. The second-order valence-corrected chi connectivity index (χ2v) is 6.32. The smallest absolute Gasteiger partial charge is 0.211 e. The van der Waals surface area contributed by atoms with Crippen molar-refractivity contribution in [2.45, 2.75) is 19.9 Å². The summed E-state index contributed by atoms with van der Waals surface area (Å²) in [7, 11) is -1.35. The quantitative estimate of drug-likeness (QED) is 0.702. The standard InChI is InChI=1S/C9H17N3O2S2/c1-8-9(15-7-11-8)6-12-16(13,14)5-3-4-10-2/h7,10,12H,3-6H2,1-2H3. The molecule has 16 heavy (non-hydrogen) atoms. The molecule has 0 unspecified atom stereocenters. The van der Waals surface area contributed by atoms with E-state index < -0.39 is 10.0 Å². The van der Waals surface area contributed by atoms with Crippen molar-refractivity contribution in [2.24, 2.45) is 0 Å². The van der Waals surface area contributed by atoms with Crippen molar-refractivity contribution in [2.75, 3.05) is 19.3 Å². The minimum Gasteiger partial charge on any atom is -0.320 e. The number of hydrogen-bond donors (Lipinski definition) is 2. The van der Waals surface area contributed by atoms with Gasteiger partial charge >= 0.3 is 0 Å². The molecular weight excluding hydrogens is 246 g/mol. The molecule has 0 spiro atoms. The first-order valence-corrected chi connectivity index (χ1v) is 7.59. The predicted octanol–water partition coefficient (Wildman–Crippen LogP) is 0.480. The lowest BCUT2D eigenvalue weighted by Gasteiger charge is -2.05. The van der Waals surface area contributed by atoms with Gasteiger partial charge in [-0.1, -0.05) is 0 Å². The van der Waals surface area contributed by atoms with Crippen LogP contribution in [0.1, 0.15) is 17.0 Å². The van der Waals surface area contributed by atoms with E-state index >= 15 is 0 Å². The van der Waals surface area contributed by atoms with Gasteiger partial charge in [0.15, 0.2) is 0 Å². The van der Waals surface area contributed by atoms with E-state index in [0.717, 1.165) is 10.6 Å². The highest BCUT2D eigenvalue weighted by Crippen LogP contribution is 2.11. The van der Waals surface area contributed by atoms with Gasteiger partial charge in [-0.15, -0.1) is 11.3 Å². The van der Waals surface area contributed by atoms with Crippen LogP contribution in [-0.2, 0) is 16.6 Å². The summed E-state index contributed by atoms with van der Waals surface area (Å²) >= 11 is 1.47. The maximum absolute atomic E-state index is 11.6. The van der Waals surface area contributed by atoms with Gasteiger partial charge in [0.25, 0.3) is 0 Å². The monoisotopic (exact) mass is 263 g/mol. The van der Waals surface area contributed by atoms with Gasteiger partial charge in [0.1, 0.15) is 0 Å². The third-order valence-electron chi connectivity index (χ3n) is 2.14. The Kier molecular flexibility index (Phi) is 5.33. The molecular formula is C9H17N3O2S2. The normalized spacial score (nSPS) is 11.9. The molecule has 1 rings (SSSR count). The van der Waals surface area contributed by atoms with Crippen LogP contribution in [0.5, 0.6) is 0 Å². The van der Waals surface area contributed by atoms with Crippen molar-refractivity contribution in [3.05, 3.63) is 16.1 Å². The third kappa shape index (κ3) is 4.56. The SMILES string of the molecule is CNCCCS(=O)(=O)NCc1scnc1C. The summed E-state index contributed by atoms with van der Waals surface area (Å²) in [6, 6.07) is 0. The summed E-state index contributed by atoms with van der Waals surface area (Å²) in [6.45, 7) is 2.93. The summed E-state index contributed by atoms with van der Waals surface area (Å²) in [4.78, 5) is 5.04. The van der Waals surface area contributed by atoms with E-state index in [1.54, 1.807) is 12.6 Å². The van der Waals surface area contributed by atoms with Crippen molar-refractivity contribution in [1.82, 2.24) is 15.0 Å². The molecule has 1 aromatic rings. The van der Waals surface area contributed by atoms with Gasteiger partial charge in [-0.3, -0.25) is 0 Å². The third-order valence-corrected chi connectivity index (χ3v) is 4.48. The number of aromatic nitrogens is 1. The molecule has 7 heteroatoms. The lowest BCUT2D eigenvalue weighted by Crippen LogP contribution is -2.27. The molecule has 0 aliphatic rings. The van der Waals surface area contributed by atoms with Crippen LogP contribution in [0, 0.1) is 6.92 Å². The molecule has 5 nitrogen and oxygen atoms in total. The second kappa shape index (κ2) is 6.29. The van der Waals surface area contributed by atoms with Crippen LogP contribution >= 0.6 is 11.3 Å². The summed E-state index contributed by atoms with van der Waals surface area (Å²) < 4.78 is 25.7. The average Bonchev–Trinajstić information content (AvgIpc) is 2.62. The molecule has 0 aromatic carbocycles. The Labute approximate surface area is 100 Å². The topological polar surface area (TPSA) is 71.1 Å². The number of hydrogen-bond acceptors (Lipinski definition) is 5. The van der Waals surface area contributed by atoms with Crippen molar-refractivity contribution in [3.63, 3.8) is 0 Å². The molecule has 0 saturated carbocycles. The Morgan fingerprint density at radius 1 is 1.50 bits per heavy atom. The van der Waals surface area contributed by atoms with E-state index in [9.17, 15) is 8.42 Å².